The zero-order valence-electron chi connectivity index (χ0n) is 6.94. The maximum absolute atomic E-state index is 10.2. The highest BCUT2D eigenvalue weighted by Crippen LogP contribution is 1.92. The van der Waals surface area contributed by atoms with Crippen molar-refractivity contribution in [2.75, 3.05) is 0 Å². The summed E-state index contributed by atoms with van der Waals surface area (Å²) in [7, 11) is 0. The van der Waals surface area contributed by atoms with Crippen LogP contribution in [0.2, 0.25) is 0 Å². The van der Waals surface area contributed by atoms with Gasteiger partial charge in [-0.2, -0.15) is 0 Å². The first kappa shape index (κ1) is 9.94. The quantitative estimate of drug-likeness (QED) is 0.369. The lowest BCUT2D eigenvalue weighted by Gasteiger charge is -2.04. The van der Waals surface area contributed by atoms with Gasteiger partial charge in [-0.3, -0.25) is 10.2 Å². The topological polar surface area (TPSA) is 62.2 Å². The Morgan fingerprint density at radius 2 is 2.27 bits per heavy atom. The van der Waals surface area contributed by atoms with Crippen molar-refractivity contribution in [3.05, 3.63) is 0 Å². The van der Waals surface area contributed by atoms with E-state index in [9.17, 15) is 4.79 Å². The van der Waals surface area contributed by atoms with E-state index in [4.69, 9.17) is 5.41 Å². The molecule has 0 spiro atoms. The first-order chi connectivity index (χ1) is 5.16. The minimum absolute atomic E-state index is 0.252. The molecule has 2 N–H and O–H groups in total. The van der Waals surface area contributed by atoms with Crippen LogP contribution in [0.5, 0.6) is 0 Å². The second kappa shape index (κ2) is 5.70. The molecule has 0 saturated heterocycles. The van der Waals surface area contributed by atoms with E-state index in [0.717, 1.165) is 12.8 Å². The van der Waals surface area contributed by atoms with E-state index in [1.165, 1.54) is 6.92 Å². The van der Waals surface area contributed by atoms with E-state index >= 15 is 0 Å². The molecule has 0 aliphatic rings. The Balaban J connectivity index is 3.30. The third kappa shape index (κ3) is 6.83. The largest absolute Gasteiger partial charge is 0.343 e. The fourth-order valence-corrected chi connectivity index (χ4v) is 0.538. The fourth-order valence-electron chi connectivity index (χ4n) is 0.538. The molecule has 0 radical (unpaired) electrons. The lowest BCUT2D eigenvalue weighted by atomic mass is 10.2. The molecule has 0 atom stereocenters. The third-order valence-corrected chi connectivity index (χ3v) is 1.10. The van der Waals surface area contributed by atoms with Crippen LogP contribution in [0.15, 0.2) is 0 Å². The summed E-state index contributed by atoms with van der Waals surface area (Å²) in [6.45, 7) is 3.33. The van der Waals surface area contributed by atoms with Gasteiger partial charge in [0.25, 0.3) is 0 Å². The fraction of sp³-hybridized carbons (Fsp3) is 0.714. The van der Waals surface area contributed by atoms with Crippen LogP contribution in [-0.2, 0) is 9.63 Å². The van der Waals surface area contributed by atoms with Gasteiger partial charge in [-0.05, 0) is 6.42 Å². The van der Waals surface area contributed by atoms with E-state index in [1.807, 2.05) is 6.92 Å². The van der Waals surface area contributed by atoms with Crippen molar-refractivity contribution >= 4 is 11.8 Å². The lowest BCUT2D eigenvalue weighted by molar-refractivity contribution is -0.145. The van der Waals surface area contributed by atoms with Gasteiger partial charge in [-0.1, -0.05) is 13.3 Å². The summed E-state index contributed by atoms with van der Waals surface area (Å²) in [5, 5.41) is 7.20. The molecule has 0 aromatic rings. The minimum atomic E-state index is -0.425. The summed E-state index contributed by atoms with van der Waals surface area (Å²) in [6, 6.07) is 0. The van der Waals surface area contributed by atoms with Crippen molar-refractivity contribution < 1.29 is 9.63 Å². The molecule has 4 nitrogen and oxygen atoms in total. The number of rotatable bonds is 3. The number of hydrogen-bond donors (Lipinski definition) is 2. The molecule has 0 amide bonds. The third-order valence-electron chi connectivity index (χ3n) is 1.10. The smallest absolute Gasteiger partial charge is 0.329 e. The van der Waals surface area contributed by atoms with E-state index in [-0.39, 0.29) is 5.84 Å². The molecular formula is C7H14N2O2. The number of unbranched alkanes of at least 4 members (excludes halogenated alkanes) is 1. The van der Waals surface area contributed by atoms with Crippen LogP contribution in [-0.4, -0.2) is 11.8 Å². The van der Waals surface area contributed by atoms with Crippen LogP contribution >= 0.6 is 0 Å². The van der Waals surface area contributed by atoms with Crippen molar-refractivity contribution in [3.8, 4) is 0 Å². The summed E-state index contributed by atoms with van der Waals surface area (Å²) >= 11 is 0. The highest BCUT2D eigenvalue weighted by atomic mass is 16.7. The van der Waals surface area contributed by atoms with Crippen LogP contribution in [0.1, 0.15) is 33.1 Å². The molecule has 11 heavy (non-hydrogen) atoms. The molecule has 4 heteroatoms. The number of hydrogen-bond acceptors (Lipinski definition) is 3. The van der Waals surface area contributed by atoms with Gasteiger partial charge in [-0.15, -0.1) is 0 Å². The first-order valence-electron chi connectivity index (χ1n) is 3.67. The summed E-state index contributed by atoms with van der Waals surface area (Å²) < 4.78 is 0. The lowest BCUT2D eigenvalue weighted by Crippen LogP contribution is -2.24. The second-order valence-electron chi connectivity index (χ2n) is 2.28. The maximum atomic E-state index is 10.2. The molecule has 64 valence electrons. The highest BCUT2D eigenvalue weighted by molar-refractivity contribution is 5.79. The minimum Gasteiger partial charge on any atom is -0.343 e. The molecule has 0 aromatic carbocycles. The van der Waals surface area contributed by atoms with E-state index < -0.39 is 5.97 Å². The molecule has 0 heterocycles. The normalized spacial score (nSPS) is 8.91. The monoisotopic (exact) mass is 158 g/mol. The number of carbonyl (C=O) groups excluding carboxylic acids is 1. The van der Waals surface area contributed by atoms with Gasteiger partial charge >= 0.3 is 5.97 Å². The van der Waals surface area contributed by atoms with Crippen LogP contribution in [0, 0.1) is 5.41 Å². The Morgan fingerprint density at radius 1 is 1.64 bits per heavy atom. The van der Waals surface area contributed by atoms with Gasteiger partial charge < -0.3 is 4.84 Å². The summed E-state index contributed by atoms with van der Waals surface area (Å²) in [5.41, 5.74) is 2.25. The summed E-state index contributed by atoms with van der Waals surface area (Å²) in [6.07, 6.45) is 2.60. The molecule has 0 saturated carbocycles. The van der Waals surface area contributed by atoms with E-state index in [1.54, 1.807) is 0 Å². The Hall–Kier alpha value is -1.06. The van der Waals surface area contributed by atoms with Crippen molar-refractivity contribution in [1.82, 2.24) is 5.48 Å². The van der Waals surface area contributed by atoms with E-state index in [2.05, 4.69) is 10.3 Å². The van der Waals surface area contributed by atoms with Gasteiger partial charge in [0.2, 0.25) is 0 Å². The molecule has 0 aliphatic carbocycles. The first-order valence-corrected chi connectivity index (χ1v) is 3.67. The number of nitrogens with one attached hydrogen (secondary N) is 2. The zero-order chi connectivity index (χ0) is 8.69. The average molecular weight is 158 g/mol. The summed E-state index contributed by atoms with van der Waals surface area (Å²) in [5.74, 6) is -0.173. The van der Waals surface area contributed by atoms with Gasteiger partial charge in [0.15, 0.2) is 0 Å². The Labute approximate surface area is 66.4 Å². The van der Waals surface area contributed by atoms with Gasteiger partial charge in [-0.25, -0.2) is 5.48 Å². The predicted molar refractivity (Wildman–Crippen MR) is 42.2 cm³/mol. The van der Waals surface area contributed by atoms with Crippen LogP contribution in [0.3, 0.4) is 0 Å². The van der Waals surface area contributed by atoms with Crippen LogP contribution in [0.25, 0.3) is 0 Å². The molecule has 0 aromatic heterocycles. The number of amidine groups is 1. The maximum Gasteiger partial charge on any atom is 0.329 e. The second-order valence-corrected chi connectivity index (χ2v) is 2.28. The van der Waals surface area contributed by atoms with E-state index in [0.29, 0.717) is 6.42 Å². The number of carbonyl (C=O) groups is 1. The Morgan fingerprint density at radius 3 is 2.73 bits per heavy atom. The van der Waals surface area contributed by atoms with Gasteiger partial charge in [0, 0.05) is 13.3 Å². The predicted octanol–water partition coefficient (Wildman–Crippen LogP) is 1.22. The SMILES string of the molecule is CCCCC(=N)NOC(C)=O. The zero-order valence-corrected chi connectivity index (χ0v) is 6.94. The molecule has 0 rings (SSSR count). The van der Waals surface area contributed by atoms with Crippen molar-refractivity contribution in [1.29, 1.82) is 5.41 Å². The summed E-state index contributed by atoms with van der Waals surface area (Å²) in [4.78, 5) is 14.6. The molecule has 0 bridgehead atoms. The standard InChI is InChI=1S/C7H14N2O2/c1-3-4-5-7(8)9-11-6(2)10/h3-5H2,1-2H3,(H2,8,9). The van der Waals surface area contributed by atoms with Gasteiger partial charge in [0.05, 0.1) is 0 Å². The average Bonchev–Trinajstić information content (AvgIpc) is 1.97. The molecule has 0 fully saturated rings. The van der Waals surface area contributed by atoms with Gasteiger partial charge in [0.1, 0.15) is 5.84 Å². The Bertz CT molecular complexity index is 145. The number of hydroxylamine groups is 1. The highest BCUT2D eigenvalue weighted by Gasteiger charge is 1.96. The van der Waals surface area contributed by atoms with Crippen molar-refractivity contribution in [2.24, 2.45) is 0 Å². The molecule has 0 aliphatic heterocycles. The van der Waals surface area contributed by atoms with Crippen LogP contribution < -0.4 is 5.48 Å². The van der Waals surface area contributed by atoms with Crippen molar-refractivity contribution in [3.63, 3.8) is 0 Å². The molecule has 0 unspecified atom stereocenters. The Kier molecular flexibility index (Phi) is 5.15. The van der Waals surface area contributed by atoms with Crippen LogP contribution in [0.4, 0.5) is 0 Å². The van der Waals surface area contributed by atoms with Crippen molar-refractivity contribution in [2.45, 2.75) is 33.1 Å². The molecular weight excluding hydrogens is 144 g/mol.